The molecule has 34 heavy (non-hydrogen) atoms. The SMILES string of the molecule is CCCCCC(CCC)C(=O)Oc1ccc(N=Nc2ccccc2)cc1.O=C(O)/C=C/C(=O)O. The molecular formula is C26H32N2O6. The first-order chi connectivity index (χ1) is 16.3. The average Bonchev–Trinajstić information content (AvgIpc) is 2.83. The van der Waals surface area contributed by atoms with Crippen LogP contribution in [0.4, 0.5) is 11.4 Å². The van der Waals surface area contributed by atoms with Crippen LogP contribution in [0.2, 0.25) is 0 Å². The molecule has 0 amide bonds. The van der Waals surface area contributed by atoms with Crippen LogP contribution in [-0.2, 0) is 14.4 Å². The van der Waals surface area contributed by atoms with Crippen LogP contribution >= 0.6 is 0 Å². The topological polar surface area (TPSA) is 126 Å². The Morgan fingerprint density at radius 1 is 0.794 bits per heavy atom. The predicted molar refractivity (Wildman–Crippen MR) is 130 cm³/mol. The highest BCUT2D eigenvalue weighted by molar-refractivity contribution is 5.89. The molecule has 2 aromatic rings. The van der Waals surface area contributed by atoms with Crippen molar-refractivity contribution in [1.29, 1.82) is 0 Å². The fourth-order valence-corrected chi connectivity index (χ4v) is 2.90. The van der Waals surface area contributed by atoms with Gasteiger partial charge in [-0.3, -0.25) is 4.79 Å². The molecule has 0 spiro atoms. The van der Waals surface area contributed by atoms with E-state index < -0.39 is 11.9 Å². The number of carboxylic acid groups (broad SMARTS) is 2. The van der Waals surface area contributed by atoms with Crippen molar-refractivity contribution in [1.82, 2.24) is 0 Å². The maximum absolute atomic E-state index is 12.4. The Kier molecular flexibility index (Phi) is 13.9. The second-order valence-corrected chi connectivity index (χ2v) is 7.44. The van der Waals surface area contributed by atoms with Crippen LogP contribution in [0.1, 0.15) is 52.4 Å². The van der Waals surface area contributed by atoms with Gasteiger partial charge in [-0.2, -0.15) is 10.2 Å². The summed E-state index contributed by atoms with van der Waals surface area (Å²) in [5.41, 5.74) is 1.53. The molecule has 8 heteroatoms. The molecule has 0 aromatic heterocycles. The standard InChI is InChI=1S/C22H28N2O2.C4H4O4/c1-3-5-7-11-18(10-4-2)22(25)26-21-16-14-20(15-17-21)24-23-19-12-8-6-9-13-19;5-3(6)1-2-4(7)8/h6,8-9,12-18H,3-5,7,10-11H2,1-2H3;1-2H,(H,5,6)(H,7,8)/b;2-1+. The molecular weight excluding hydrogens is 436 g/mol. The Labute approximate surface area is 200 Å². The largest absolute Gasteiger partial charge is 0.478 e. The van der Waals surface area contributed by atoms with E-state index >= 15 is 0 Å². The molecule has 2 N–H and O–H groups in total. The molecule has 8 nitrogen and oxygen atoms in total. The van der Waals surface area contributed by atoms with Crippen molar-refractivity contribution in [2.75, 3.05) is 0 Å². The lowest BCUT2D eigenvalue weighted by Gasteiger charge is -2.15. The lowest BCUT2D eigenvalue weighted by molar-refractivity contribution is -0.139. The van der Waals surface area contributed by atoms with Crippen molar-refractivity contribution in [2.45, 2.75) is 52.4 Å². The molecule has 0 aliphatic heterocycles. The molecule has 2 rings (SSSR count). The summed E-state index contributed by atoms with van der Waals surface area (Å²) in [6, 6.07) is 16.7. The van der Waals surface area contributed by atoms with Crippen LogP contribution in [0, 0.1) is 5.92 Å². The minimum atomic E-state index is -1.26. The smallest absolute Gasteiger partial charge is 0.328 e. The Balaban J connectivity index is 0.000000620. The Bertz CT molecular complexity index is 924. The molecule has 0 heterocycles. The van der Waals surface area contributed by atoms with Gasteiger partial charge in [0.2, 0.25) is 0 Å². The molecule has 0 radical (unpaired) electrons. The van der Waals surface area contributed by atoms with Gasteiger partial charge in [0.1, 0.15) is 5.75 Å². The zero-order valence-electron chi connectivity index (χ0n) is 19.6. The van der Waals surface area contributed by atoms with E-state index in [-0.39, 0.29) is 11.9 Å². The molecule has 0 bridgehead atoms. The summed E-state index contributed by atoms with van der Waals surface area (Å²) in [4.78, 5) is 31.5. The Morgan fingerprint density at radius 2 is 1.35 bits per heavy atom. The number of ether oxygens (including phenoxy) is 1. The molecule has 0 saturated carbocycles. The number of nitrogens with zero attached hydrogens (tertiary/aromatic N) is 2. The highest BCUT2D eigenvalue weighted by Gasteiger charge is 2.19. The van der Waals surface area contributed by atoms with Crippen molar-refractivity contribution in [2.24, 2.45) is 16.1 Å². The molecule has 1 atom stereocenters. The van der Waals surface area contributed by atoms with Gasteiger partial charge in [0.25, 0.3) is 0 Å². The van der Waals surface area contributed by atoms with Crippen molar-refractivity contribution in [3.05, 3.63) is 66.7 Å². The van der Waals surface area contributed by atoms with E-state index in [9.17, 15) is 14.4 Å². The summed E-state index contributed by atoms with van der Waals surface area (Å²) < 4.78 is 5.57. The molecule has 0 aliphatic rings. The molecule has 182 valence electrons. The normalized spacial score (nSPS) is 11.6. The zero-order chi connectivity index (χ0) is 25.2. The van der Waals surface area contributed by atoms with Crippen molar-refractivity contribution < 1.29 is 29.3 Å². The number of benzene rings is 2. The second kappa shape index (κ2) is 16.8. The van der Waals surface area contributed by atoms with E-state index in [1.807, 2.05) is 30.3 Å². The fourth-order valence-electron chi connectivity index (χ4n) is 2.90. The maximum Gasteiger partial charge on any atom is 0.328 e. The van der Waals surface area contributed by atoms with E-state index in [1.54, 1.807) is 24.3 Å². The van der Waals surface area contributed by atoms with Crippen LogP contribution in [0.25, 0.3) is 0 Å². The van der Waals surface area contributed by atoms with Gasteiger partial charge in [0.15, 0.2) is 0 Å². The van der Waals surface area contributed by atoms with Crippen LogP contribution in [-0.4, -0.2) is 28.1 Å². The molecule has 0 aliphatic carbocycles. The van der Waals surface area contributed by atoms with Gasteiger partial charge in [-0.15, -0.1) is 0 Å². The van der Waals surface area contributed by atoms with E-state index in [4.69, 9.17) is 14.9 Å². The highest BCUT2D eigenvalue weighted by Crippen LogP contribution is 2.23. The van der Waals surface area contributed by atoms with Crippen molar-refractivity contribution in [3.8, 4) is 5.75 Å². The summed E-state index contributed by atoms with van der Waals surface area (Å²) in [7, 11) is 0. The van der Waals surface area contributed by atoms with Gasteiger partial charge in [-0.1, -0.05) is 57.7 Å². The van der Waals surface area contributed by atoms with E-state index in [0.717, 1.165) is 49.9 Å². The van der Waals surface area contributed by atoms with Crippen molar-refractivity contribution in [3.63, 3.8) is 0 Å². The Hall–Kier alpha value is -3.81. The third kappa shape index (κ3) is 12.9. The molecule has 1 unspecified atom stereocenters. The van der Waals surface area contributed by atoms with Gasteiger partial charge < -0.3 is 14.9 Å². The first-order valence-corrected chi connectivity index (χ1v) is 11.3. The highest BCUT2D eigenvalue weighted by atomic mass is 16.5. The summed E-state index contributed by atoms with van der Waals surface area (Å²) in [5, 5.41) is 24.0. The summed E-state index contributed by atoms with van der Waals surface area (Å²) in [5.74, 6) is -2.09. The Morgan fingerprint density at radius 3 is 1.85 bits per heavy atom. The third-order valence-corrected chi connectivity index (χ3v) is 4.59. The quantitative estimate of drug-likeness (QED) is 0.117. The van der Waals surface area contributed by atoms with E-state index in [2.05, 4.69) is 24.1 Å². The first kappa shape index (κ1) is 28.2. The number of carbonyl (C=O) groups is 3. The first-order valence-electron chi connectivity index (χ1n) is 11.3. The lowest BCUT2D eigenvalue weighted by atomic mass is 9.97. The van der Waals surface area contributed by atoms with Crippen LogP contribution in [0.3, 0.4) is 0 Å². The predicted octanol–water partition coefficient (Wildman–Crippen LogP) is 6.72. The summed E-state index contributed by atoms with van der Waals surface area (Å²) >= 11 is 0. The van der Waals surface area contributed by atoms with Gasteiger partial charge in [0, 0.05) is 12.2 Å². The maximum atomic E-state index is 12.4. The van der Waals surface area contributed by atoms with Crippen molar-refractivity contribution >= 4 is 29.3 Å². The average molecular weight is 469 g/mol. The lowest BCUT2D eigenvalue weighted by Crippen LogP contribution is -2.20. The number of carbonyl (C=O) groups excluding carboxylic acids is 1. The van der Waals surface area contributed by atoms with Gasteiger partial charge >= 0.3 is 17.9 Å². The van der Waals surface area contributed by atoms with Crippen LogP contribution in [0.5, 0.6) is 5.75 Å². The fraction of sp³-hybridized carbons (Fsp3) is 0.346. The van der Waals surface area contributed by atoms with Crippen LogP contribution in [0.15, 0.2) is 77.0 Å². The number of unbranched alkanes of at least 4 members (excludes halogenated alkanes) is 2. The summed E-state index contributed by atoms with van der Waals surface area (Å²) in [6.45, 7) is 4.27. The molecule has 0 saturated heterocycles. The number of hydrogen-bond donors (Lipinski definition) is 2. The van der Waals surface area contributed by atoms with Gasteiger partial charge in [0.05, 0.1) is 17.3 Å². The monoisotopic (exact) mass is 468 g/mol. The second-order valence-electron chi connectivity index (χ2n) is 7.44. The van der Waals surface area contributed by atoms with Crippen LogP contribution < -0.4 is 4.74 Å². The minimum absolute atomic E-state index is 0.0102. The molecule has 0 fully saturated rings. The van der Waals surface area contributed by atoms with E-state index in [1.165, 1.54) is 0 Å². The number of hydrogen-bond acceptors (Lipinski definition) is 6. The number of rotatable bonds is 12. The van der Waals surface area contributed by atoms with E-state index in [0.29, 0.717) is 17.9 Å². The number of carboxylic acids is 2. The zero-order valence-corrected chi connectivity index (χ0v) is 19.6. The minimum Gasteiger partial charge on any atom is -0.478 e. The van der Waals surface area contributed by atoms with Gasteiger partial charge in [-0.05, 0) is 49.2 Å². The number of aliphatic carboxylic acids is 2. The number of azo groups is 1. The molecule has 2 aromatic carbocycles. The number of esters is 1. The van der Waals surface area contributed by atoms with Gasteiger partial charge in [-0.25, -0.2) is 9.59 Å². The summed E-state index contributed by atoms with van der Waals surface area (Å²) in [6.07, 6.45) is 7.29. The third-order valence-electron chi connectivity index (χ3n) is 4.59.